The van der Waals surface area contributed by atoms with E-state index in [1.165, 1.54) is 16.7 Å². The van der Waals surface area contributed by atoms with Gasteiger partial charge in [0.05, 0.1) is 11.9 Å². The summed E-state index contributed by atoms with van der Waals surface area (Å²) in [5.41, 5.74) is 3.68. The summed E-state index contributed by atoms with van der Waals surface area (Å²) in [7, 11) is 0. The summed E-state index contributed by atoms with van der Waals surface area (Å²) in [5, 5.41) is 17.0. The highest BCUT2D eigenvalue weighted by atomic mass is 32.2. The van der Waals surface area contributed by atoms with E-state index in [0.717, 1.165) is 22.3 Å². The molecule has 2 atom stereocenters. The van der Waals surface area contributed by atoms with Crippen LogP contribution in [0.25, 0.3) is 0 Å². The molecule has 3 amide bonds. The van der Waals surface area contributed by atoms with Gasteiger partial charge < -0.3 is 25.4 Å². The molecule has 218 valence electrons. The number of benzene rings is 3. The van der Waals surface area contributed by atoms with Crippen molar-refractivity contribution < 1.29 is 24.2 Å². The Morgan fingerprint density at radius 1 is 0.902 bits per heavy atom. The van der Waals surface area contributed by atoms with Gasteiger partial charge in [-0.15, -0.1) is 11.8 Å². The maximum Gasteiger partial charge on any atom is 0.407 e. The molecule has 3 N–H and O–H groups in total. The van der Waals surface area contributed by atoms with Gasteiger partial charge in [0.1, 0.15) is 13.2 Å². The van der Waals surface area contributed by atoms with Crippen LogP contribution in [0.5, 0.6) is 0 Å². The van der Waals surface area contributed by atoms with Crippen LogP contribution in [-0.4, -0.2) is 57.7 Å². The number of amides is 3. The Bertz CT molecular complexity index is 1260. The zero-order valence-electron chi connectivity index (χ0n) is 23.8. The van der Waals surface area contributed by atoms with E-state index in [2.05, 4.69) is 10.6 Å². The average Bonchev–Trinajstić information content (AvgIpc) is 2.97. The van der Waals surface area contributed by atoms with Crippen molar-refractivity contribution in [1.29, 1.82) is 0 Å². The van der Waals surface area contributed by atoms with Crippen molar-refractivity contribution in [2.24, 2.45) is 0 Å². The fourth-order valence-electron chi connectivity index (χ4n) is 4.04. The number of hydrogen-bond donors (Lipinski definition) is 3. The van der Waals surface area contributed by atoms with E-state index in [9.17, 15) is 19.5 Å². The maximum absolute atomic E-state index is 13.6. The molecule has 0 spiro atoms. The first-order valence-corrected chi connectivity index (χ1v) is 14.7. The summed E-state index contributed by atoms with van der Waals surface area (Å²) in [6.07, 6.45) is -2.16. The largest absolute Gasteiger partial charge is 0.445 e. The number of alkyl carbamates (subject to hydrolysis) is 1. The van der Waals surface area contributed by atoms with Crippen LogP contribution in [0.2, 0.25) is 0 Å². The third kappa shape index (κ3) is 10.9. The minimum atomic E-state index is -1.60. The first-order chi connectivity index (χ1) is 19.7. The summed E-state index contributed by atoms with van der Waals surface area (Å²) in [6, 6.07) is 25.3. The van der Waals surface area contributed by atoms with Crippen molar-refractivity contribution in [2.75, 3.05) is 12.4 Å². The molecule has 0 bridgehead atoms. The highest BCUT2D eigenvalue weighted by Crippen LogP contribution is 2.15. The first-order valence-electron chi connectivity index (χ1n) is 13.6. The Hall–Kier alpha value is -3.82. The number of carbonyl (C=O) groups is 3. The second-order valence-electron chi connectivity index (χ2n) is 10.0. The monoisotopic (exact) mass is 577 g/mol. The Kier molecular flexibility index (Phi) is 12.7. The standard InChI is InChI=1S/C32H39N3O5S/c1-23(2)41-22-35(20-29(36)33-19-27-17-11-10-12-24(27)3)31(38)30(37)28(18-25-13-6-4-7-14-25)34-32(39)40-21-26-15-8-5-9-16-26/h4-17,23,28,30,37H,18-22H2,1-3H3,(H,33,36)(H,34,39)/t28-,30-/m0/s1. The molecular weight excluding hydrogens is 538 g/mol. The number of rotatable bonds is 14. The molecule has 9 heteroatoms. The molecule has 0 radical (unpaired) electrons. The van der Waals surface area contributed by atoms with Crippen LogP contribution in [0.4, 0.5) is 4.79 Å². The molecule has 0 aliphatic rings. The number of nitrogens with zero attached hydrogens (tertiary/aromatic N) is 1. The van der Waals surface area contributed by atoms with Crippen LogP contribution >= 0.6 is 11.8 Å². The second kappa shape index (κ2) is 16.4. The van der Waals surface area contributed by atoms with Crippen molar-refractivity contribution >= 4 is 29.7 Å². The Balaban J connectivity index is 1.71. The van der Waals surface area contributed by atoms with E-state index in [0.29, 0.717) is 6.54 Å². The smallest absolute Gasteiger partial charge is 0.407 e. The van der Waals surface area contributed by atoms with Crippen LogP contribution in [0, 0.1) is 6.92 Å². The predicted octanol–water partition coefficient (Wildman–Crippen LogP) is 4.44. The van der Waals surface area contributed by atoms with E-state index in [1.54, 1.807) is 0 Å². The topological polar surface area (TPSA) is 108 Å². The molecule has 0 saturated carbocycles. The third-order valence-corrected chi connectivity index (χ3v) is 7.52. The van der Waals surface area contributed by atoms with Crippen molar-refractivity contribution in [3.05, 3.63) is 107 Å². The lowest BCUT2D eigenvalue weighted by Gasteiger charge is -2.29. The predicted molar refractivity (Wildman–Crippen MR) is 162 cm³/mol. The normalized spacial score (nSPS) is 12.3. The van der Waals surface area contributed by atoms with Gasteiger partial charge in [0.15, 0.2) is 6.10 Å². The van der Waals surface area contributed by atoms with Gasteiger partial charge >= 0.3 is 6.09 Å². The van der Waals surface area contributed by atoms with Crippen molar-refractivity contribution in [3.63, 3.8) is 0 Å². The summed E-state index contributed by atoms with van der Waals surface area (Å²) >= 11 is 1.48. The summed E-state index contributed by atoms with van der Waals surface area (Å²) in [6.45, 7) is 6.11. The van der Waals surface area contributed by atoms with Crippen molar-refractivity contribution in [2.45, 2.75) is 57.7 Å². The molecule has 0 fully saturated rings. The molecule has 41 heavy (non-hydrogen) atoms. The SMILES string of the molecule is Cc1ccccc1CNC(=O)CN(CSC(C)C)C(=O)[C@@H](O)[C@H](Cc1ccccc1)NC(=O)OCc1ccccc1. The zero-order chi connectivity index (χ0) is 29.6. The Labute approximate surface area is 246 Å². The number of aliphatic hydroxyl groups is 1. The molecule has 0 saturated heterocycles. The summed E-state index contributed by atoms with van der Waals surface area (Å²) in [5.74, 6) is -0.775. The van der Waals surface area contributed by atoms with Crippen LogP contribution in [-0.2, 0) is 33.9 Å². The molecule has 0 heterocycles. The third-order valence-electron chi connectivity index (χ3n) is 6.40. The van der Waals surface area contributed by atoms with E-state index < -0.39 is 24.1 Å². The molecule has 0 aromatic heterocycles. The van der Waals surface area contributed by atoms with Crippen LogP contribution < -0.4 is 10.6 Å². The number of nitrogens with one attached hydrogen (secondary N) is 2. The number of aryl methyl sites for hydroxylation is 1. The second-order valence-corrected chi connectivity index (χ2v) is 11.6. The highest BCUT2D eigenvalue weighted by Gasteiger charge is 2.33. The lowest BCUT2D eigenvalue weighted by molar-refractivity contribution is -0.143. The highest BCUT2D eigenvalue weighted by molar-refractivity contribution is 7.99. The van der Waals surface area contributed by atoms with Gasteiger partial charge in [-0.1, -0.05) is 98.8 Å². The Morgan fingerprint density at radius 3 is 2.15 bits per heavy atom. The van der Waals surface area contributed by atoms with Crippen LogP contribution in [0.1, 0.15) is 36.1 Å². The molecule has 3 aromatic rings. The quantitative estimate of drug-likeness (QED) is 0.245. The van der Waals surface area contributed by atoms with Crippen LogP contribution in [0.3, 0.4) is 0 Å². The molecule has 0 aliphatic heterocycles. The van der Waals surface area contributed by atoms with Gasteiger partial charge in [-0.05, 0) is 35.6 Å². The van der Waals surface area contributed by atoms with Gasteiger partial charge in [0, 0.05) is 11.8 Å². The lowest BCUT2D eigenvalue weighted by Crippen LogP contribution is -2.54. The number of carbonyl (C=O) groups excluding carboxylic acids is 3. The maximum atomic E-state index is 13.6. The van der Waals surface area contributed by atoms with Gasteiger partial charge in [0.25, 0.3) is 5.91 Å². The number of ether oxygens (including phenoxy) is 1. The molecule has 0 aliphatic carbocycles. The number of thioether (sulfide) groups is 1. The molecule has 8 nitrogen and oxygen atoms in total. The van der Waals surface area contributed by atoms with E-state index in [4.69, 9.17) is 4.74 Å². The molecule has 0 unspecified atom stereocenters. The Morgan fingerprint density at radius 2 is 1.51 bits per heavy atom. The van der Waals surface area contributed by atoms with Gasteiger partial charge in [-0.3, -0.25) is 9.59 Å². The summed E-state index contributed by atoms with van der Waals surface area (Å²) in [4.78, 5) is 40.5. The zero-order valence-corrected chi connectivity index (χ0v) is 24.6. The van der Waals surface area contributed by atoms with Crippen LogP contribution in [0.15, 0.2) is 84.9 Å². The fourth-order valence-corrected chi connectivity index (χ4v) is 4.74. The van der Waals surface area contributed by atoms with E-state index in [-0.39, 0.29) is 36.6 Å². The average molecular weight is 578 g/mol. The number of hydrogen-bond acceptors (Lipinski definition) is 6. The van der Waals surface area contributed by atoms with Gasteiger partial charge in [-0.2, -0.15) is 0 Å². The van der Waals surface area contributed by atoms with Crippen molar-refractivity contribution in [3.8, 4) is 0 Å². The summed E-state index contributed by atoms with van der Waals surface area (Å²) < 4.78 is 5.36. The van der Waals surface area contributed by atoms with E-state index in [1.807, 2.05) is 106 Å². The van der Waals surface area contributed by atoms with Gasteiger partial charge in [0.2, 0.25) is 5.91 Å². The molecule has 3 aromatic carbocycles. The minimum absolute atomic E-state index is 0.0486. The number of aliphatic hydroxyl groups excluding tert-OH is 1. The first kappa shape index (κ1) is 31.7. The fraction of sp³-hybridized carbons (Fsp3) is 0.344. The molecule has 3 rings (SSSR count). The minimum Gasteiger partial charge on any atom is -0.445 e. The van der Waals surface area contributed by atoms with E-state index >= 15 is 0 Å². The lowest BCUT2D eigenvalue weighted by atomic mass is 10.0. The van der Waals surface area contributed by atoms with Crippen molar-refractivity contribution in [1.82, 2.24) is 15.5 Å². The molecular formula is C32H39N3O5S. The van der Waals surface area contributed by atoms with Gasteiger partial charge in [-0.25, -0.2) is 4.79 Å².